The lowest BCUT2D eigenvalue weighted by Crippen LogP contribution is -2.45. The van der Waals surface area contributed by atoms with Gasteiger partial charge in [0.25, 0.3) is 0 Å². The summed E-state index contributed by atoms with van der Waals surface area (Å²) in [6, 6.07) is 7.90. The van der Waals surface area contributed by atoms with E-state index in [2.05, 4.69) is 20.4 Å². The second-order valence-electron chi connectivity index (χ2n) is 6.54. The van der Waals surface area contributed by atoms with E-state index in [9.17, 15) is 4.79 Å². The number of benzene rings is 1. The molecule has 0 saturated carbocycles. The molecule has 0 bridgehead atoms. The molecule has 1 aromatic heterocycles. The van der Waals surface area contributed by atoms with Crippen LogP contribution in [0.5, 0.6) is 0 Å². The first-order valence-electron chi connectivity index (χ1n) is 8.29. The third-order valence-electron chi connectivity index (χ3n) is 5.13. The predicted molar refractivity (Wildman–Crippen MR) is 91.4 cm³/mol. The summed E-state index contributed by atoms with van der Waals surface area (Å²) < 4.78 is 2.02. The summed E-state index contributed by atoms with van der Waals surface area (Å²) >= 11 is 5.95. The Hall–Kier alpha value is -1.92. The average Bonchev–Trinajstić information content (AvgIpc) is 3.14. The van der Waals surface area contributed by atoms with Gasteiger partial charge in [0, 0.05) is 30.2 Å². The molecule has 2 saturated heterocycles. The van der Waals surface area contributed by atoms with Gasteiger partial charge in [-0.25, -0.2) is 0 Å². The van der Waals surface area contributed by atoms with Crippen LogP contribution in [0.1, 0.15) is 18.7 Å². The molecule has 4 rings (SSSR count). The molecule has 2 aliphatic heterocycles. The molecule has 2 aliphatic rings. The van der Waals surface area contributed by atoms with E-state index in [4.69, 9.17) is 11.6 Å². The predicted octanol–water partition coefficient (Wildman–Crippen LogP) is 1.85. The van der Waals surface area contributed by atoms with Crippen molar-refractivity contribution in [3.8, 4) is 11.4 Å². The third-order valence-corrected chi connectivity index (χ3v) is 5.38. The maximum atomic E-state index is 11.9. The Labute approximate surface area is 145 Å². The molecular formula is C17H20ClN5O. The van der Waals surface area contributed by atoms with Crippen LogP contribution in [0.3, 0.4) is 0 Å². The first-order valence-corrected chi connectivity index (χ1v) is 8.67. The zero-order valence-electron chi connectivity index (χ0n) is 13.6. The van der Waals surface area contributed by atoms with E-state index in [1.807, 2.05) is 35.9 Å². The topological polar surface area (TPSA) is 63.1 Å². The number of carbonyl (C=O) groups is 1. The number of rotatable bonds is 3. The minimum absolute atomic E-state index is 0.128. The van der Waals surface area contributed by atoms with E-state index in [-0.39, 0.29) is 17.9 Å². The Bertz CT molecular complexity index is 757. The number of piperidine rings is 1. The van der Waals surface area contributed by atoms with Crippen LogP contribution in [0.4, 0.5) is 0 Å². The Morgan fingerprint density at radius 2 is 2.08 bits per heavy atom. The number of fused-ring (bicyclic) bond motifs is 1. The molecule has 2 atom stereocenters. The highest BCUT2D eigenvalue weighted by Crippen LogP contribution is 2.29. The lowest BCUT2D eigenvalue weighted by molar-refractivity contribution is -0.124. The zero-order valence-corrected chi connectivity index (χ0v) is 14.3. The molecule has 7 heteroatoms. The van der Waals surface area contributed by atoms with Crippen LogP contribution in [0.2, 0.25) is 5.02 Å². The van der Waals surface area contributed by atoms with Gasteiger partial charge in [0.2, 0.25) is 5.91 Å². The number of nitrogens with zero attached hydrogens (tertiary/aromatic N) is 4. The molecule has 2 fully saturated rings. The highest BCUT2D eigenvalue weighted by Gasteiger charge is 2.40. The Morgan fingerprint density at radius 3 is 2.88 bits per heavy atom. The van der Waals surface area contributed by atoms with Crippen molar-refractivity contribution in [1.29, 1.82) is 0 Å². The molecule has 1 aromatic carbocycles. The largest absolute Gasteiger partial charge is 0.354 e. The van der Waals surface area contributed by atoms with Crippen LogP contribution < -0.4 is 5.32 Å². The van der Waals surface area contributed by atoms with E-state index in [0.29, 0.717) is 11.6 Å². The zero-order chi connectivity index (χ0) is 16.7. The molecule has 2 aromatic rings. The number of nitrogens with one attached hydrogen (secondary N) is 1. The molecule has 6 nitrogen and oxygen atoms in total. The fourth-order valence-electron chi connectivity index (χ4n) is 3.77. The first kappa shape index (κ1) is 15.6. The van der Waals surface area contributed by atoms with Gasteiger partial charge in [-0.2, -0.15) is 0 Å². The Kier molecular flexibility index (Phi) is 4.02. The van der Waals surface area contributed by atoms with Gasteiger partial charge in [0.05, 0.1) is 12.5 Å². The van der Waals surface area contributed by atoms with Crippen LogP contribution in [-0.4, -0.2) is 44.7 Å². The molecule has 0 spiro atoms. The second-order valence-corrected chi connectivity index (χ2v) is 6.97. The fourth-order valence-corrected chi connectivity index (χ4v) is 3.89. The maximum Gasteiger partial charge on any atom is 0.224 e. The summed E-state index contributed by atoms with van der Waals surface area (Å²) in [5, 5.41) is 12.4. The third kappa shape index (κ3) is 2.70. The van der Waals surface area contributed by atoms with Crippen molar-refractivity contribution >= 4 is 17.5 Å². The number of hydrogen-bond donors (Lipinski definition) is 1. The minimum atomic E-state index is 0.128. The molecule has 0 radical (unpaired) electrons. The maximum absolute atomic E-state index is 11.9. The summed E-state index contributed by atoms with van der Waals surface area (Å²) in [5.41, 5.74) is 0.995. The van der Waals surface area contributed by atoms with Crippen LogP contribution in [0.25, 0.3) is 11.4 Å². The van der Waals surface area contributed by atoms with Crippen LogP contribution in [0.15, 0.2) is 24.3 Å². The standard InChI is InChI=1S/C17H20ClN5O/c1-22-15(20-21-16(22)11-4-6-12(18)7-5-11)10-23-8-2-3-13-14(23)9-19-17(13)24/h4-7,13-14H,2-3,8-10H2,1H3,(H,19,24)/t13-,14-/m1/s1. The lowest BCUT2D eigenvalue weighted by Gasteiger charge is -2.35. The summed E-state index contributed by atoms with van der Waals surface area (Å²) in [5.74, 6) is 2.07. The van der Waals surface area contributed by atoms with Crippen molar-refractivity contribution in [1.82, 2.24) is 25.0 Å². The monoisotopic (exact) mass is 345 g/mol. The van der Waals surface area contributed by atoms with E-state index < -0.39 is 0 Å². The molecule has 3 heterocycles. The highest BCUT2D eigenvalue weighted by molar-refractivity contribution is 6.30. The average molecular weight is 346 g/mol. The summed E-state index contributed by atoms with van der Waals surface area (Å²) in [6.45, 7) is 2.46. The van der Waals surface area contributed by atoms with Crippen molar-refractivity contribution < 1.29 is 4.79 Å². The summed E-state index contributed by atoms with van der Waals surface area (Å²) in [6.07, 6.45) is 2.04. The second kappa shape index (κ2) is 6.18. The van der Waals surface area contributed by atoms with Crippen LogP contribution in [0, 0.1) is 5.92 Å². The molecule has 1 N–H and O–H groups in total. The SMILES string of the molecule is Cn1c(CN2CCC[C@H]3C(=O)NC[C@H]32)nnc1-c1ccc(Cl)cc1. The molecule has 0 unspecified atom stereocenters. The van der Waals surface area contributed by atoms with E-state index >= 15 is 0 Å². The molecule has 0 aliphatic carbocycles. The highest BCUT2D eigenvalue weighted by atomic mass is 35.5. The number of likely N-dealkylation sites (tertiary alicyclic amines) is 1. The van der Waals surface area contributed by atoms with Gasteiger partial charge >= 0.3 is 0 Å². The van der Waals surface area contributed by atoms with Gasteiger partial charge < -0.3 is 9.88 Å². The van der Waals surface area contributed by atoms with E-state index in [0.717, 1.165) is 43.1 Å². The van der Waals surface area contributed by atoms with Gasteiger partial charge in [0.15, 0.2) is 5.82 Å². The van der Waals surface area contributed by atoms with Gasteiger partial charge in [-0.15, -0.1) is 10.2 Å². The smallest absolute Gasteiger partial charge is 0.224 e. The summed E-state index contributed by atoms with van der Waals surface area (Å²) in [7, 11) is 1.98. The van der Waals surface area contributed by atoms with Gasteiger partial charge in [-0.1, -0.05) is 11.6 Å². The number of carbonyl (C=O) groups excluding carboxylic acids is 1. The van der Waals surface area contributed by atoms with Gasteiger partial charge in [0.1, 0.15) is 5.82 Å². The number of halogens is 1. The number of hydrogen-bond acceptors (Lipinski definition) is 4. The number of aromatic nitrogens is 3. The van der Waals surface area contributed by atoms with Crippen molar-refractivity contribution in [2.45, 2.75) is 25.4 Å². The minimum Gasteiger partial charge on any atom is -0.354 e. The fraction of sp³-hybridized carbons (Fsp3) is 0.471. The molecule has 1 amide bonds. The quantitative estimate of drug-likeness (QED) is 0.922. The summed E-state index contributed by atoms with van der Waals surface area (Å²) in [4.78, 5) is 14.3. The normalized spacial score (nSPS) is 24.0. The Balaban J connectivity index is 1.55. The molecular weight excluding hydrogens is 326 g/mol. The first-order chi connectivity index (χ1) is 11.6. The van der Waals surface area contributed by atoms with E-state index in [1.54, 1.807) is 0 Å². The van der Waals surface area contributed by atoms with Crippen molar-refractivity contribution in [3.05, 3.63) is 35.1 Å². The van der Waals surface area contributed by atoms with E-state index in [1.165, 1.54) is 0 Å². The molecule has 24 heavy (non-hydrogen) atoms. The lowest BCUT2D eigenvalue weighted by atomic mass is 9.91. The van der Waals surface area contributed by atoms with Crippen molar-refractivity contribution in [2.75, 3.05) is 13.1 Å². The van der Waals surface area contributed by atoms with Gasteiger partial charge in [-0.05, 0) is 43.7 Å². The van der Waals surface area contributed by atoms with Crippen molar-refractivity contribution in [3.63, 3.8) is 0 Å². The van der Waals surface area contributed by atoms with Gasteiger partial charge in [-0.3, -0.25) is 9.69 Å². The number of amides is 1. The Morgan fingerprint density at radius 1 is 1.29 bits per heavy atom. The van der Waals surface area contributed by atoms with Crippen molar-refractivity contribution in [2.24, 2.45) is 13.0 Å². The molecule has 126 valence electrons. The van der Waals surface area contributed by atoms with Crippen LogP contribution >= 0.6 is 11.6 Å². The van der Waals surface area contributed by atoms with Crippen LogP contribution in [-0.2, 0) is 18.4 Å².